The van der Waals surface area contributed by atoms with Crippen molar-refractivity contribution in [3.63, 3.8) is 0 Å². The van der Waals surface area contributed by atoms with Crippen LogP contribution in [-0.2, 0) is 23.0 Å². The van der Waals surface area contributed by atoms with E-state index >= 15 is 0 Å². The number of carbonyl (C=O) groups is 1. The maximum atomic E-state index is 11.4. The number of H-pyrrole nitrogens is 1. The van der Waals surface area contributed by atoms with Crippen LogP contribution in [0.4, 0.5) is 0 Å². The van der Waals surface area contributed by atoms with E-state index in [2.05, 4.69) is 9.55 Å². The van der Waals surface area contributed by atoms with Crippen LogP contribution in [0.2, 0.25) is 0 Å². The molecule has 1 saturated heterocycles. The molecule has 2 heterocycles. The van der Waals surface area contributed by atoms with Crippen LogP contribution < -0.4 is 4.57 Å². The summed E-state index contributed by atoms with van der Waals surface area (Å²) in [5, 5.41) is 14.8. The Morgan fingerprint density at radius 2 is 2.21 bits per heavy atom. The molecule has 2 rings (SSSR count). The van der Waals surface area contributed by atoms with Gasteiger partial charge >= 0.3 is 5.97 Å². The highest BCUT2D eigenvalue weighted by Crippen LogP contribution is 2.27. The second-order valence-corrected chi connectivity index (χ2v) is 4.37. The summed E-state index contributed by atoms with van der Waals surface area (Å²) in [4.78, 5) is 22.7. The van der Waals surface area contributed by atoms with Gasteiger partial charge in [-0.15, -0.1) is 0 Å². The number of aryl methyl sites for hydroxylation is 1. The molecule has 0 unspecified atom stereocenters. The molecule has 1 aliphatic rings. The fourth-order valence-electron chi connectivity index (χ4n) is 2.21. The van der Waals surface area contributed by atoms with Crippen LogP contribution in [0.3, 0.4) is 0 Å². The van der Waals surface area contributed by atoms with Crippen molar-refractivity contribution in [2.75, 3.05) is 6.61 Å². The number of hydrogen-bond acceptors (Lipinski definition) is 5. The molecule has 0 amide bonds. The Balaban J connectivity index is 0.000000399. The lowest BCUT2D eigenvalue weighted by molar-refractivity contribution is -0.677. The van der Waals surface area contributed by atoms with Gasteiger partial charge in [0.2, 0.25) is 6.33 Å². The van der Waals surface area contributed by atoms with Crippen molar-refractivity contribution < 1.29 is 19.2 Å². The van der Waals surface area contributed by atoms with E-state index < -0.39 is 5.09 Å². The van der Waals surface area contributed by atoms with Crippen molar-refractivity contribution in [1.82, 2.24) is 4.98 Å². The third-order valence-corrected chi connectivity index (χ3v) is 3.19. The van der Waals surface area contributed by atoms with E-state index in [0.717, 1.165) is 12.8 Å². The summed E-state index contributed by atoms with van der Waals surface area (Å²) in [5.74, 6) is 0.394. The Hall–Kier alpha value is -2.12. The largest absolute Gasteiger partial charge is 0.465 e. The number of nitrogens with zero attached hydrogens (tertiary/aromatic N) is 2. The molecule has 19 heavy (non-hydrogen) atoms. The summed E-state index contributed by atoms with van der Waals surface area (Å²) in [6.07, 6.45) is 5.67. The zero-order valence-electron chi connectivity index (χ0n) is 10.9. The zero-order valence-corrected chi connectivity index (χ0v) is 10.9. The van der Waals surface area contributed by atoms with Crippen LogP contribution in [0, 0.1) is 27.2 Å². The summed E-state index contributed by atoms with van der Waals surface area (Å²) in [5.41, 5.74) is 1.22. The van der Waals surface area contributed by atoms with Crippen molar-refractivity contribution in [3.8, 4) is 0 Å². The third-order valence-electron chi connectivity index (χ3n) is 3.19. The molecule has 0 aromatic carbocycles. The molecule has 0 radical (unpaired) electrons. The average molecular weight is 271 g/mol. The summed E-state index contributed by atoms with van der Waals surface area (Å²) >= 11 is 0. The SMILES string of the molecule is CC[C@@H]1C(=O)OC[C@@H]1Cc1c[nH]c[n+]1C.O=[N+]([O-])[O-]. The normalized spacial score (nSPS) is 21.5. The monoisotopic (exact) mass is 271 g/mol. The average Bonchev–Trinajstić information content (AvgIpc) is 2.86. The van der Waals surface area contributed by atoms with E-state index in [0.29, 0.717) is 12.5 Å². The predicted octanol–water partition coefficient (Wildman–Crippen LogP) is 0.342. The van der Waals surface area contributed by atoms with E-state index in [1.165, 1.54) is 5.69 Å². The van der Waals surface area contributed by atoms with E-state index in [1.54, 1.807) is 0 Å². The molecule has 2 atom stereocenters. The second-order valence-electron chi connectivity index (χ2n) is 4.37. The summed E-state index contributed by atoms with van der Waals surface area (Å²) in [7, 11) is 2.00. The van der Waals surface area contributed by atoms with Crippen molar-refractivity contribution in [3.05, 3.63) is 33.5 Å². The minimum absolute atomic E-state index is 0.0271. The lowest BCUT2D eigenvalue weighted by Gasteiger charge is -2.10. The molecule has 0 spiro atoms. The van der Waals surface area contributed by atoms with Crippen molar-refractivity contribution in [1.29, 1.82) is 0 Å². The Morgan fingerprint density at radius 3 is 2.68 bits per heavy atom. The number of nitrogens with one attached hydrogen (secondary N) is 1. The Labute approximate surface area is 110 Å². The summed E-state index contributed by atoms with van der Waals surface area (Å²) < 4.78 is 7.15. The second kappa shape index (κ2) is 6.72. The zero-order chi connectivity index (χ0) is 14.4. The van der Waals surface area contributed by atoms with Gasteiger partial charge in [0.05, 0.1) is 24.7 Å². The fraction of sp³-hybridized carbons (Fsp3) is 0.636. The topological polar surface area (TPSA) is 112 Å². The fourth-order valence-corrected chi connectivity index (χ4v) is 2.21. The van der Waals surface area contributed by atoms with Gasteiger partial charge in [-0.05, 0) is 6.42 Å². The van der Waals surface area contributed by atoms with Gasteiger partial charge in [-0.25, -0.2) is 9.55 Å². The highest BCUT2D eigenvalue weighted by atomic mass is 16.9. The molecule has 8 heteroatoms. The first-order chi connectivity index (χ1) is 8.95. The quantitative estimate of drug-likeness (QED) is 0.368. The van der Waals surface area contributed by atoms with E-state index in [4.69, 9.17) is 20.1 Å². The van der Waals surface area contributed by atoms with Crippen LogP contribution in [0.25, 0.3) is 0 Å². The number of aromatic nitrogens is 2. The van der Waals surface area contributed by atoms with Crippen LogP contribution in [0.5, 0.6) is 0 Å². The number of imidazole rings is 1. The number of carbonyl (C=O) groups excluding carboxylic acids is 1. The molecule has 1 fully saturated rings. The highest BCUT2D eigenvalue weighted by Gasteiger charge is 2.36. The first-order valence-corrected chi connectivity index (χ1v) is 5.95. The first-order valence-electron chi connectivity index (χ1n) is 5.95. The molecular formula is C11H17N3O5. The standard InChI is InChI=1S/C11H16N2O2.NO3/c1-3-10-8(6-15-11(10)14)4-9-5-12-7-13(9)2;2-1(3)4/h5,7-8,10H,3-4,6H2,1-2H3;/q;-1/p+1/t8-,10-;/m0./s1. The van der Waals surface area contributed by atoms with E-state index in [9.17, 15) is 4.79 Å². The van der Waals surface area contributed by atoms with Crippen LogP contribution >= 0.6 is 0 Å². The van der Waals surface area contributed by atoms with Gasteiger partial charge in [0.1, 0.15) is 11.9 Å². The van der Waals surface area contributed by atoms with Crippen molar-refractivity contribution in [2.45, 2.75) is 19.8 Å². The smallest absolute Gasteiger partial charge is 0.309 e. The third kappa shape index (κ3) is 4.23. The van der Waals surface area contributed by atoms with Gasteiger partial charge in [-0.2, -0.15) is 0 Å². The minimum atomic E-state index is -1.75. The van der Waals surface area contributed by atoms with Crippen LogP contribution in [0.1, 0.15) is 19.0 Å². The van der Waals surface area contributed by atoms with Gasteiger partial charge in [-0.1, -0.05) is 6.92 Å². The summed E-state index contributed by atoms with van der Waals surface area (Å²) in [6, 6.07) is 0. The molecule has 8 nitrogen and oxygen atoms in total. The number of hydrogen-bond donors (Lipinski definition) is 1. The molecular weight excluding hydrogens is 254 g/mol. The van der Waals surface area contributed by atoms with Crippen LogP contribution in [-0.4, -0.2) is 22.6 Å². The molecule has 1 aliphatic heterocycles. The maximum Gasteiger partial charge on any atom is 0.309 e. The molecule has 0 saturated carbocycles. The van der Waals surface area contributed by atoms with Crippen molar-refractivity contribution in [2.24, 2.45) is 18.9 Å². The predicted molar refractivity (Wildman–Crippen MR) is 64.3 cm³/mol. The maximum absolute atomic E-state index is 11.4. The van der Waals surface area contributed by atoms with Gasteiger partial charge in [0.25, 0.3) is 0 Å². The Kier molecular flexibility index (Phi) is 5.28. The molecule has 0 aliphatic carbocycles. The lowest BCUT2D eigenvalue weighted by Crippen LogP contribution is -2.32. The number of ether oxygens (including phenoxy) is 1. The molecule has 1 aromatic rings. The minimum Gasteiger partial charge on any atom is -0.465 e. The number of aromatic amines is 1. The van der Waals surface area contributed by atoms with Crippen LogP contribution in [0.15, 0.2) is 12.5 Å². The van der Waals surface area contributed by atoms with Gasteiger partial charge in [0, 0.05) is 12.3 Å². The molecule has 1 aromatic heterocycles. The lowest BCUT2D eigenvalue weighted by atomic mass is 9.89. The number of cyclic esters (lactones) is 1. The number of rotatable bonds is 3. The Bertz CT molecular complexity index is 441. The first kappa shape index (κ1) is 14.9. The molecule has 0 bridgehead atoms. The molecule has 1 N–H and O–H groups in total. The Morgan fingerprint density at radius 1 is 1.58 bits per heavy atom. The van der Waals surface area contributed by atoms with Crippen molar-refractivity contribution >= 4 is 5.97 Å². The highest BCUT2D eigenvalue weighted by molar-refractivity contribution is 5.74. The van der Waals surface area contributed by atoms with E-state index in [-0.39, 0.29) is 11.9 Å². The molecule has 106 valence electrons. The van der Waals surface area contributed by atoms with E-state index in [1.807, 2.05) is 26.5 Å². The van der Waals surface area contributed by atoms with Gasteiger partial charge < -0.3 is 20.1 Å². The number of esters is 1. The van der Waals surface area contributed by atoms with Gasteiger partial charge in [-0.3, -0.25) is 4.79 Å². The summed E-state index contributed by atoms with van der Waals surface area (Å²) in [6.45, 7) is 2.61. The van der Waals surface area contributed by atoms with Gasteiger partial charge in [0.15, 0.2) is 0 Å².